The van der Waals surface area contributed by atoms with Crippen molar-refractivity contribution in [2.75, 3.05) is 0 Å². The second kappa shape index (κ2) is 5.31. The van der Waals surface area contributed by atoms with Crippen LogP contribution >= 0.6 is 0 Å². The molecule has 7 nitrogen and oxygen atoms in total. The second-order valence-electron chi connectivity index (χ2n) is 5.84. The Morgan fingerprint density at radius 3 is 2.42 bits per heavy atom. The summed E-state index contributed by atoms with van der Waals surface area (Å²) in [4.78, 5) is 12.1. The first-order chi connectivity index (χ1) is 11.2. The largest absolute Gasteiger partial charge is 0.508 e. The summed E-state index contributed by atoms with van der Waals surface area (Å²) >= 11 is 0. The van der Waals surface area contributed by atoms with Gasteiger partial charge in [-0.2, -0.15) is 0 Å². The van der Waals surface area contributed by atoms with Crippen molar-refractivity contribution in [3.05, 3.63) is 41.5 Å². The Hall–Kier alpha value is -2.93. The van der Waals surface area contributed by atoms with Crippen LogP contribution in [-0.4, -0.2) is 36.9 Å². The lowest BCUT2D eigenvalue weighted by Crippen LogP contribution is -2.50. The van der Waals surface area contributed by atoms with Gasteiger partial charge in [-0.05, 0) is 24.6 Å². The lowest BCUT2D eigenvalue weighted by molar-refractivity contribution is -0.149. The average Bonchev–Trinajstić information content (AvgIpc) is 2.50. The van der Waals surface area contributed by atoms with E-state index in [0.29, 0.717) is 0 Å². The first-order valence-corrected chi connectivity index (χ1v) is 7.19. The third-order valence-electron chi connectivity index (χ3n) is 4.21. The van der Waals surface area contributed by atoms with Gasteiger partial charge in [-0.3, -0.25) is 4.79 Å². The van der Waals surface area contributed by atoms with Crippen LogP contribution in [-0.2, 0) is 11.2 Å². The quantitative estimate of drug-likeness (QED) is 0.527. The van der Waals surface area contributed by atoms with Gasteiger partial charge in [-0.1, -0.05) is 6.07 Å². The maximum absolute atomic E-state index is 12.1. The standard InChI is InChI=1S/C17H16O7/c1-8(18)17(23)7-11-13(21)5-10(19)6-15(11)24-16(17)9-2-3-12(20)14(22)4-9/h2-6,16,19-23H,7H2,1H3/t16-,17+/m1/s1. The minimum Gasteiger partial charge on any atom is -0.508 e. The average molecular weight is 332 g/mol. The third kappa shape index (κ3) is 2.39. The Labute approximate surface area is 137 Å². The van der Waals surface area contributed by atoms with Crippen molar-refractivity contribution in [1.29, 1.82) is 0 Å². The summed E-state index contributed by atoms with van der Waals surface area (Å²) in [6, 6.07) is 6.16. The van der Waals surface area contributed by atoms with Crippen LogP contribution in [0.4, 0.5) is 0 Å². The Morgan fingerprint density at radius 1 is 1.08 bits per heavy atom. The van der Waals surface area contributed by atoms with Crippen molar-refractivity contribution in [1.82, 2.24) is 0 Å². The van der Waals surface area contributed by atoms with Gasteiger partial charge in [0.05, 0.1) is 0 Å². The molecule has 2 aromatic carbocycles. The highest BCUT2D eigenvalue weighted by Crippen LogP contribution is 2.47. The summed E-state index contributed by atoms with van der Waals surface area (Å²) in [6.45, 7) is 1.19. The molecule has 3 rings (SSSR count). The fourth-order valence-electron chi connectivity index (χ4n) is 2.84. The number of Topliss-reactive ketones (excluding diaryl/α,β-unsaturated/α-hetero) is 1. The molecule has 7 heteroatoms. The number of rotatable bonds is 2. The number of aliphatic hydroxyl groups is 1. The van der Waals surface area contributed by atoms with Gasteiger partial charge in [-0.25, -0.2) is 0 Å². The lowest BCUT2D eigenvalue weighted by Gasteiger charge is -2.39. The number of hydrogen-bond donors (Lipinski definition) is 5. The smallest absolute Gasteiger partial charge is 0.167 e. The van der Waals surface area contributed by atoms with Gasteiger partial charge in [0.1, 0.15) is 17.2 Å². The van der Waals surface area contributed by atoms with E-state index in [1.165, 1.54) is 31.2 Å². The van der Waals surface area contributed by atoms with Crippen LogP contribution in [0.3, 0.4) is 0 Å². The van der Waals surface area contributed by atoms with Gasteiger partial charge in [0.15, 0.2) is 29.0 Å². The molecule has 0 aromatic heterocycles. The van der Waals surface area contributed by atoms with Crippen LogP contribution in [0.1, 0.15) is 24.2 Å². The zero-order chi connectivity index (χ0) is 17.6. The normalized spacial score (nSPS) is 22.5. The molecular weight excluding hydrogens is 316 g/mol. The molecule has 2 atom stereocenters. The molecule has 1 aliphatic heterocycles. The van der Waals surface area contributed by atoms with Gasteiger partial charge in [0, 0.05) is 24.1 Å². The predicted molar refractivity (Wildman–Crippen MR) is 82.2 cm³/mol. The van der Waals surface area contributed by atoms with E-state index in [1.54, 1.807) is 0 Å². The number of carbonyl (C=O) groups excluding carboxylic acids is 1. The number of hydrogen-bond acceptors (Lipinski definition) is 7. The minimum atomic E-state index is -1.98. The van der Waals surface area contributed by atoms with Gasteiger partial charge in [-0.15, -0.1) is 0 Å². The van der Waals surface area contributed by atoms with Crippen molar-refractivity contribution < 1.29 is 35.1 Å². The fraction of sp³-hybridized carbons (Fsp3) is 0.235. The summed E-state index contributed by atoms with van der Waals surface area (Å²) in [7, 11) is 0. The Morgan fingerprint density at radius 2 is 1.79 bits per heavy atom. The predicted octanol–water partition coefficient (Wildman–Crippen LogP) is 1.51. The van der Waals surface area contributed by atoms with Crippen molar-refractivity contribution >= 4 is 5.78 Å². The van der Waals surface area contributed by atoms with E-state index >= 15 is 0 Å². The maximum Gasteiger partial charge on any atom is 0.167 e. The van der Waals surface area contributed by atoms with Crippen LogP contribution in [0.15, 0.2) is 30.3 Å². The molecule has 0 radical (unpaired) electrons. The van der Waals surface area contributed by atoms with E-state index in [4.69, 9.17) is 4.74 Å². The van der Waals surface area contributed by atoms with Crippen molar-refractivity contribution in [3.63, 3.8) is 0 Å². The van der Waals surface area contributed by atoms with Gasteiger partial charge in [0.2, 0.25) is 0 Å². The van der Waals surface area contributed by atoms with Crippen LogP contribution in [0.25, 0.3) is 0 Å². The number of phenolic OH excluding ortho intramolecular Hbond substituents is 4. The molecule has 24 heavy (non-hydrogen) atoms. The maximum atomic E-state index is 12.1. The molecule has 0 saturated carbocycles. The minimum absolute atomic E-state index is 0.121. The van der Waals surface area contributed by atoms with Crippen LogP contribution in [0, 0.1) is 0 Å². The molecule has 5 N–H and O–H groups in total. The van der Waals surface area contributed by atoms with Crippen molar-refractivity contribution in [3.8, 4) is 28.7 Å². The number of ketones is 1. The van der Waals surface area contributed by atoms with Crippen LogP contribution < -0.4 is 4.74 Å². The molecule has 0 unspecified atom stereocenters. The molecule has 0 fully saturated rings. The van der Waals surface area contributed by atoms with E-state index in [2.05, 4.69) is 0 Å². The molecule has 0 saturated heterocycles. The van der Waals surface area contributed by atoms with Crippen molar-refractivity contribution in [2.24, 2.45) is 0 Å². The van der Waals surface area contributed by atoms with Crippen LogP contribution in [0.5, 0.6) is 28.7 Å². The molecule has 0 spiro atoms. The summed E-state index contributed by atoms with van der Waals surface area (Å²) in [5, 5.41) is 49.5. The number of carbonyl (C=O) groups is 1. The van der Waals surface area contributed by atoms with Gasteiger partial charge < -0.3 is 30.3 Å². The topological polar surface area (TPSA) is 127 Å². The fourth-order valence-corrected chi connectivity index (χ4v) is 2.84. The summed E-state index contributed by atoms with van der Waals surface area (Å²) in [5.74, 6) is -1.76. The second-order valence-corrected chi connectivity index (χ2v) is 5.84. The third-order valence-corrected chi connectivity index (χ3v) is 4.21. The highest BCUT2D eigenvalue weighted by molar-refractivity contribution is 5.87. The zero-order valence-electron chi connectivity index (χ0n) is 12.7. The number of fused-ring (bicyclic) bond motifs is 1. The number of benzene rings is 2. The van der Waals surface area contributed by atoms with E-state index in [9.17, 15) is 30.3 Å². The molecule has 1 aliphatic rings. The number of ether oxygens (including phenoxy) is 1. The van der Waals surface area contributed by atoms with Gasteiger partial charge in [0.25, 0.3) is 0 Å². The van der Waals surface area contributed by atoms with E-state index in [-0.39, 0.29) is 40.5 Å². The van der Waals surface area contributed by atoms with E-state index in [0.717, 1.165) is 6.07 Å². The first kappa shape index (κ1) is 15.9. The molecular formula is C17H16O7. The number of phenols is 4. The van der Waals surface area contributed by atoms with Gasteiger partial charge >= 0.3 is 0 Å². The highest BCUT2D eigenvalue weighted by Gasteiger charge is 2.49. The first-order valence-electron chi connectivity index (χ1n) is 7.19. The molecule has 0 aliphatic carbocycles. The Bertz CT molecular complexity index is 830. The molecule has 0 bridgehead atoms. The highest BCUT2D eigenvalue weighted by atomic mass is 16.5. The van der Waals surface area contributed by atoms with Crippen LogP contribution in [0.2, 0.25) is 0 Å². The summed E-state index contributed by atoms with van der Waals surface area (Å²) < 4.78 is 5.67. The van der Waals surface area contributed by atoms with E-state index in [1.807, 2.05) is 0 Å². The molecule has 2 aromatic rings. The summed E-state index contributed by atoms with van der Waals surface area (Å²) in [5.41, 5.74) is -1.52. The van der Waals surface area contributed by atoms with E-state index < -0.39 is 23.2 Å². The van der Waals surface area contributed by atoms with Crippen molar-refractivity contribution in [2.45, 2.75) is 25.0 Å². The Kier molecular flexibility index (Phi) is 3.53. The SMILES string of the molecule is CC(=O)[C@@]1(O)Cc2c(O)cc(O)cc2O[C@@H]1c1ccc(O)c(O)c1. The lowest BCUT2D eigenvalue weighted by atomic mass is 9.79. The molecule has 1 heterocycles. The molecule has 0 amide bonds. The zero-order valence-corrected chi connectivity index (χ0v) is 12.7. The molecule has 126 valence electrons. The summed E-state index contributed by atoms with van der Waals surface area (Å²) in [6.07, 6.45) is -1.41. The number of aromatic hydroxyl groups is 4. The monoisotopic (exact) mass is 332 g/mol. The Balaban J connectivity index is 2.15.